The number of primary amides is 1. The van der Waals surface area contributed by atoms with E-state index in [2.05, 4.69) is 5.73 Å². The number of benzene rings is 1. The van der Waals surface area contributed by atoms with Gasteiger partial charge in [0.1, 0.15) is 0 Å². The summed E-state index contributed by atoms with van der Waals surface area (Å²) in [5, 5.41) is 10.8. The van der Waals surface area contributed by atoms with E-state index in [1.54, 1.807) is 5.32 Å². The van der Waals surface area contributed by atoms with Crippen molar-refractivity contribution in [1.29, 1.82) is 0 Å². The SMILES string of the molecule is CC(O)(C(=O)Nc1ccc(C(F)(F)C(N)=O)cc1)C(F)(F)F. The Hall–Kier alpha value is -2.23. The van der Waals surface area contributed by atoms with Crippen LogP contribution in [0.1, 0.15) is 12.5 Å². The first-order chi connectivity index (χ1) is 9.80. The van der Waals surface area contributed by atoms with E-state index in [9.17, 15) is 31.5 Å². The van der Waals surface area contributed by atoms with Crippen LogP contribution in [0.5, 0.6) is 0 Å². The van der Waals surface area contributed by atoms with Gasteiger partial charge in [0.05, 0.1) is 0 Å². The van der Waals surface area contributed by atoms with Crippen molar-refractivity contribution in [2.75, 3.05) is 5.32 Å². The number of carbonyl (C=O) groups is 2. The van der Waals surface area contributed by atoms with Gasteiger partial charge in [0.15, 0.2) is 0 Å². The minimum atomic E-state index is -5.21. The molecule has 0 spiro atoms. The minimum Gasteiger partial charge on any atom is -0.373 e. The van der Waals surface area contributed by atoms with Gasteiger partial charge in [-0.3, -0.25) is 9.59 Å². The van der Waals surface area contributed by atoms with E-state index in [0.29, 0.717) is 12.1 Å². The summed E-state index contributed by atoms with van der Waals surface area (Å²) in [5.74, 6) is -7.64. The topological polar surface area (TPSA) is 92.4 Å². The van der Waals surface area contributed by atoms with Crippen molar-refractivity contribution < 1.29 is 36.6 Å². The Bertz CT molecular complexity index is 581. The molecule has 0 saturated carbocycles. The fourth-order valence-electron chi connectivity index (χ4n) is 1.29. The van der Waals surface area contributed by atoms with Gasteiger partial charge in [0.25, 0.3) is 11.8 Å². The van der Waals surface area contributed by atoms with E-state index in [4.69, 9.17) is 5.11 Å². The van der Waals surface area contributed by atoms with E-state index < -0.39 is 35.1 Å². The second kappa shape index (κ2) is 5.52. The molecule has 0 fully saturated rings. The van der Waals surface area contributed by atoms with Gasteiger partial charge in [-0.2, -0.15) is 22.0 Å². The Morgan fingerprint density at radius 1 is 1.09 bits per heavy atom. The van der Waals surface area contributed by atoms with Crippen LogP contribution in [0, 0.1) is 0 Å². The van der Waals surface area contributed by atoms with Crippen molar-refractivity contribution in [2.45, 2.75) is 24.6 Å². The highest BCUT2D eigenvalue weighted by atomic mass is 19.4. The Balaban J connectivity index is 2.95. The Kier molecular flexibility index (Phi) is 4.47. The van der Waals surface area contributed by atoms with Gasteiger partial charge >= 0.3 is 12.1 Å². The van der Waals surface area contributed by atoms with Crippen LogP contribution in [0.25, 0.3) is 0 Å². The van der Waals surface area contributed by atoms with Crippen LogP contribution < -0.4 is 11.1 Å². The molecule has 0 bridgehead atoms. The van der Waals surface area contributed by atoms with Crippen molar-refractivity contribution in [1.82, 2.24) is 0 Å². The molecule has 0 aliphatic rings. The minimum absolute atomic E-state index is 0.248. The van der Waals surface area contributed by atoms with Crippen LogP contribution in [-0.4, -0.2) is 28.7 Å². The molecule has 5 nitrogen and oxygen atoms in total. The van der Waals surface area contributed by atoms with Crippen molar-refractivity contribution in [3.8, 4) is 0 Å². The number of hydrogen-bond donors (Lipinski definition) is 3. The predicted molar refractivity (Wildman–Crippen MR) is 64.8 cm³/mol. The first-order valence-electron chi connectivity index (χ1n) is 5.69. The zero-order valence-corrected chi connectivity index (χ0v) is 11.0. The molecule has 1 atom stereocenters. The normalized spacial score (nSPS) is 15.0. The lowest BCUT2D eigenvalue weighted by Crippen LogP contribution is -2.52. The highest BCUT2D eigenvalue weighted by Gasteiger charge is 2.55. The number of aliphatic hydroxyl groups is 1. The van der Waals surface area contributed by atoms with Crippen LogP contribution in [0.2, 0.25) is 0 Å². The van der Waals surface area contributed by atoms with Gasteiger partial charge in [-0.05, 0) is 19.1 Å². The first-order valence-corrected chi connectivity index (χ1v) is 5.69. The smallest absolute Gasteiger partial charge is 0.373 e. The molecule has 2 amide bonds. The fourth-order valence-corrected chi connectivity index (χ4v) is 1.29. The van der Waals surface area contributed by atoms with E-state index >= 15 is 0 Å². The number of amides is 2. The Morgan fingerprint density at radius 3 is 1.91 bits per heavy atom. The van der Waals surface area contributed by atoms with Crippen molar-refractivity contribution in [3.63, 3.8) is 0 Å². The molecule has 0 aliphatic heterocycles. The zero-order chi connectivity index (χ0) is 17.3. The molecule has 1 rings (SSSR count). The molecule has 0 aromatic heterocycles. The third-order valence-corrected chi connectivity index (χ3v) is 2.81. The van der Waals surface area contributed by atoms with Crippen molar-refractivity contribution >= 4 is 17.5 Å². The number of anilines is 1. The van der Waals surface area contributed by atoms with E-state index in [1.165, 1.54) is 0 Å². The second-order valence-corrected chi connectivity index (χ2v) is 4.54. The molecule has 122 valence electrons. The lowest BCUT2D eigenvalue weighted by molar-refractivity contribution is -0.242. The van der Waals surface area contributed by atoms with E-state index in [-0.39, 0.29) is 12.6 Å². The second-order valence-electron chi connectivity index (χ2n) is 4.54. The summed E-state index contributed by atoms with van der Waals surface area (Å²) < 4.78 is 63.8. The average Bonchev–Trinajstić information content (AvgIpc) is 2.37. The number of rotatable bonds is 4. The molecule has 0 heterocycles. The largest absolute Gasteiger partial charge is 0.426 e. The maximum Gasteiger partial charge on any atom is 0.426 e. The third kappa shape index (κ3) is 3.32. The summed E-state index contributed by atoms with van der Waals surface area (Å²) in [7, 11) is 0. The summed E-state index contributed by atoms with van der Waals surface area (Å²) in [6.45, 7) is 0.248. The number of alkyl halides is 5. The van der Waals surface area contributed by atoms with Crippen LogP contribution in [0.4, 0.5) is 27.6 Å². The number of halogens is 5. The highest BCUT2D eigenvalue weighted by Crippen LogP contribution is 2.32. The molecule has 1 aromatic rings. The summed E-state index contributed by atoms with van der Waals surface area (Å²) in [4.78, 5) is 21.9. The summed E-state index contributed by atoms with van der Waals surface area (Å²) in [6.07, 6.45) is -5.21. The van der Waals surface area contributed by atoms with Crippen LogP contribution in [-0.2, 0) is 15.5 Å². The zero-order valence-electron chi connectivity index (χ0n) is 11.0. The van der Waals surface area contributed by atoms with Crippen LogP contribution in [0.15, 0.2) is 24.3 Å². The molecule has 22 heavy (non-hydrogen) atoms. The van der Waals surface area contributed by atoms with Gasteiger partial charge in [0, 0.05) is 11.3 Å². The van der Waals surface area contributed by atoms with Gasteiger partial charge in [0.2, 0.25) is 5.60 Å². The Labute approximate surface area is 120 Å². The molecular formula is C12H11F5N2O3. The molecule has 1 unspecified atom stereocenters. The van der Waals surface area contributed by atoms with Gasteiger partial charge in [-0.25, -0.2) is 0 Å². The van der Waals surface area contributed by atoms with Gasteiger partial charge in [-0.15, -0.1) is 0 Å². The van der Waals surface area contributed by atoms with Crippen molar-refractivity contribution in [2.24, 2.45) is 5.73 Å². The van der Waals surface area contributed by atoms with Gasteiger partial charge in [-0.1, -0.05) is 12.1 Å². The standard InChI is InChI=1S/C12H11F5N2O3/c1-10(22,12(15,16)17)9(21)19-7-4-2-6(3-5-7)11(13,14)8(18)20/h2-5,22H,1H3,(H2,18,20)(H,19,21). The molecule has 4 N–H and O–H groups in total. The molecule has 0 aliphatic carbocycles. The maximum atomic E-state index is 13.3. The third-order valence-electron chi connectivity index (χ3n) is 2.81. The quantitative estimate of drug-likeness (QED) is 0.733. The van der Waals surface area contributed by atoms with Crippen LogP contribution >= 0.6 is 0 Å². The number of nitrogens with one attached hydrogen (secondary N) is 1. The number of carbonyl (C=O) groups excluding carboxylic acids is 2. The summed E-state index contributed by atoms with van der Waals surface area (Å²) >= 11 is 0. The van der Waals surface area contributed by atoms with Crippen molar-refractivity contribution in [3.05, 3.63) is 29.8 Å². The molecule has 10 heteroatoms. The maximum absolute atomic E-state index is 13.3. The molecule has 0 saturated heterocycles. The summed E-state index contributed by atoms with van der Waals surface area (Å²) in [5.41, 5.74) is -0.211. The van der Waals surface area contributed by atoms with E-state index in [1.807, 2.05) is 0 Å². The van der Waals surface area contributed by atoms with Gasteiger partial charge < -0.3 is 16.2 Å². The molecule has 1 aromatic carbocycles. The predicted octanol–water partition coefficient (Wildman–Crippen LogP) is 1.52. The lowest BCUT2D eigenvalue weighted by atomic mass is 10.0. The Morgan fingerprint density at radius 2 is 1.55 bits per heavy atom. The molecular weight excluding hydrogens is 315 g/mol. The highest BCUT2D eigenvalue weighted by molar-refractivity contribution is 5.97. The summed E-state index contributed by atoms with van der Waals surface area (Å²) in [6, 6.07) is 3.11. The average molecular weight is 326 g/mol. The monoisotopic (exact) mass is 326 g/mol. The molecule has 0 radical (unpaired) electrons. The number of nitrogens with two attached hydrogens (primary N) is 1. The number of hydrogen-bond acceptors (Lipinski definition) is 3. The van der Waals surface area contributed by atoms with Crippen LogP contribution in [0.3, 0.4) is 0 Å². The fraction of sp³-hybridized carbons (Fsp3) is 0.333. The first kappa shape index (κ1) is 17.8. The lowest BCUT2D eigenvalue weighted by Gasteiger charge is -2.24. The van der Waals surface area contributed by atoms with E-state index in [0.717, 1.165) is 12.1 Å².